The number of nitrogens with one attached hydrogen (secondary N) is 1. The van der Waals surface area contributed by atoms with Crippen molar-refractivity contribution in [2.45, 2.75) is 32.6 Å². The van der Waals surface area contributed by atoms with Gasteiger partial charge in [0.25, 0.3) is 0 Å². The number of likely N-dealkylation sites (tertiary alicyclic amines) is 1. The van der Waals surface area contributed by atoms with Crippen molar-refractivity contribution in [3.63, 3.8) is 0 Å². The number of carbonyl (C=O) groups excluding carboxylic acids is 1. The van der Waals surface area contributed by atoms with Crippen molar-refractivity contribution in [1.82, 2.24) is 10.2 Å². The van der Waals surface area contributed by atoms with E-state index in [1.54, 1.807) is 0 Å². The molecule has 2 unspecified atom stereocenters. The SMILES string of the molecule is CC1(C(=O)N2CCCC(CO)C2)CCCNC1. The van der Waals surface area contributed by atoms with Crippen LogP contribution in [0, 0.1) is 11.3 Å². The second-order valence-corrected chi connectivity index (χ2v) is 5.78. The average molecular weight is 240 g/mol. The third kappa shape index (κ3) is 2.80. The fraction of sp³-hybridized carbons (Fsp3) is 0.923. The van der Waals surface area contributed by atoms with E-state index in [1.165, 1.54) is 0 Å². The van der Waals surface area contributed by atoms with Crippen LogP contribution in [-0.2, 0) is 4.79 Å². The molecule has 0 radical (unpaired) electrons. The van der Waals surface area contributed by atoms with E-state index in [2.05, 4.69) is 12.2 Å². The highest BCUT2D eigenvalue weighted by atomic mass is 16.3. The molecule has 1 amide bonds. The van der Waals surface area contributed by atoms with Gasteiger partial charge in [0.2, 0.25) is 5.91 Å². The lowest BCUT2D eigenvalue weighted by Gasteiger charge is -2.40. The van der Waals surface area contributed by atoms with Crippen LogP contribution >= 0.6 is 0 Å². The van der Waals surface area contributed by atoms with Crippen LogP contribution in [0.5, 0.6) is 0 Å². The van der Waals surface area contributed by atoms with Crippen LogP contribution in [-0.4, -0.2) is 48.7 Å². The van der Waals surface area contributed by atoms with Gasteiger partial charge in [0.1, 0.15) is 0 Å². The number of aliphatic hydroxyl groups is 1. The molecule has 2 N–H and O–H groups in total. The molecule has 2 heterocycles. The smallest absolute Gasteiger partial charge is 0.229 e. The number of rotatable bonds is 2. The van der Waals surface area contributed by atoms with E-state index >= 15 is 0 Å². The summed E-state index contributed by atoms with van der Waals surface area (Å²) in [5.74, 6) is 0.565. The number of amides is 1. The van der Waals surface area contributed by atoms with E-state index in [0.717, 1.165) is 51.9 Å². The topological polar surface area (TPSA) is 52.6 Å². The van der Waals surface area contributed by atoms with Gasteiger partial charge in [0.05, 0.1) is 5.41 Å². The van der Waals surface area contributed by atoms with E-state index in [0.29, 0.717) is 0 Å². The number of carbonyl (C=O) groups is 1. The largest absolute Gasteiger partial charge is 0.396 e. The van der Waals surface area contributed by atoms with Crippen molar-refractivity contribution in [2.24, 2.45) is 11.3 Å². The Morgan fingerprint density at radius 1 is 1.53 bits per heavy atom. The number of hydrogen-bond donors (Lipinski definition) is 2. The minimum atomic E-state index is -0.227. The van der Waals surface area contributed by atoms with Crippen molar-refractivity contribution in [3.8, 4) is 0 Å². The summed E-state index contributed by atoms with van der Waals surface area (Å²) in [7, 11) is 0. The molecule has 2 fully saturated rings. The van der Waals surface area contributed by atoms with E-state index in [-0.39, 0.29) is 23.8 Å². The third-order valence-electron chi connectivity index (χ3n) is 4.18. The molecule has 2 rings (SSSR count). The molecule has 0 saturated carbocycles. The highest BCUT2D eigenvalue weighted by molar-refractivity contribution is 5.82. The molecule has 2 aliphatic heterocycles. The van der Waals surface area contributed by atoms with Crippen molar-refractivity contribution >= 4 is 5.91 Å². The monoisotopic (exact) mass is 240 g/mol. The average Bonchev–Trinajstić information content (AvgIpc) is 2.39. The highest BCUT2D eigenvalue weighted by Crippen LogP contribution is 2.30. The first-order chi connectivity index (χ1) is 8.15. The molecule has 17 heavy (non-hydrogen) atoms. The Morgan fingerprint density at radius 2 is 2.35 bits per heavy atom. The van der Waals surface area contributed by atoms with Crippen LogP contribution in [0.1, 0.15) is 32.6 Å². The minimum Gasteiger partial charge on any atom is -0.396 e. The zero-order chi connectivity index (χ0) is 12.3. The lowest BCUT2D eigenvalue weighted by atomic mass is 9.80. The van der Waals surface area contributed by atoms with Crippen LogP contribution in [0.4, 0.5) is 0 Å². The zero-order valence-corrected chi connectivity index (χ0v) is 10.7. The standard InChI is InChI=1S/C13H24N2O2/c1-13(5-3-6-14-10-13)12(17)15-7-2-4-11(8-15)9-16/h11,14,16H,2-10H2,1H3. The summed E-state index contributed by atoms with van der Waals surface area (Å²) in [6.45, 7) is 5.72. The van der Waals surface area contributed by atoms with Crippen LogP contribution in [0.15, 0.2) is 0 Å². The van der Waals surface area contributed by atoms with Crippen molar-refractivity contribution in [3.05, 3.63) is 0 Å². The van der Waals surface area contributed by atoms with Gasteiger partial charge < -0.3 is 15.3 Å². The molecule has 2 aliphatic rings. The first-order valence-electron chi connectivity index (χ1n) is 6.77. The van der Waals surface area contributed by atoms with E-state index in [9.17, 15) is 9.90 Å². The summed E-state index contributed by atoms with van der Waals surface area (Å²) in [5, 5.41) is 12.5. The number of hydrogen-bond acceptors (Lipinski definition) is 3. The van der Waals surface area contributed by atoms with Crippen LogP contribution in [0.2, 0.25) is 0 Å². The second kappa shape index (κ2) is 5.36. The van der Waals surface area contributed by atoms with Gasteiger partial charge in [-0.1, -0.05) is 0 Å². The quantitative estimate of drug-likeness (QED) is 0.743. The molecule has 0 spiro atoms. The molecule has 4 nitrogen and oxygen atoms in total. The fourth-order valence-corrected chi connectivity index (χ4v) is 3.02. The van der Waals surface area contributed by atoms with Gasteiger partial charge in [-0.2, -0.15) is 0 Å². The van der Waals surface area contributed by atoms with Gasteiger partial charge in [-0.05, 0) is 45.1 Å². The van der Waals surface area contributed by atoms with Gasteiger partial charge >= 0.3 is 0 Å². The van der Waals surface area contributed by atoms with E-state index in [1.807, 2.05) is 4.90 Å². The normalized spacial score (nSPS) is 34.7. The maximum absolute atomic E-state index is 12.5. The molecule has 98 valence electrons. The van der Waals surface area contributed by atoms with E-state index in [4.69, 9.17) is 0 Å². The van der Waals surface area contributed by atoms with Gasteiger partial charge in [0.15, 0.2) is 0 Å². The van der Waals surface area contributed by atoms with Crippen LogP contribution < -0.4 is 5.32 Å². The van der Waals surface area contributed by atoms with Crippen molar-refractivity contribution in [2.75, 3.05) is 32.8 Å². The molecular weight excluding hydrogens is 216 g/mol. The van der Waals surface area contributed by atoms with Gasteiger partial charge in [0, 0.05) is 26.2 Å². The first kappa shape index (κ1) is 12.8. The Labute approximate surface area is 103 Å². The predicted molar refractivity (Wildman–Crippen MR) is 66.6 cm³/mol. The number of piperidine rings is 2. The second-order valence-electron chi connectivity index (χ2n) is 5.78. The summed E-state index contributed by atoms with van der Waals surface area (Å²) in [6, 6.07) is 0. The molecule has 0 bridgehead atoms. The highest BCUT2D eigenvalue weighted by Gasteiger charge is 2.38. The van der Waals surface area contributed by atoms with Gasteiger partial charge in [-0.3, -0.25) is 4.79 Å². The first-order valence-corrected chi connectivity index (χ1v) is 6.77. The summed E-state index contributed by atoms with van der Waals surface area (Å²) in [4.78, 5) is 14.5. The maximum Gasteiger partial charge on any atom is 0.229 e. The Morgan fingerprint density at radius 3 is 3.00 bits per heavy atom. The summed E-state index contributed by atoms with van der Waals surface area (Å²) in [5.41, 5.74) is -0.227. The van der Waals surface area contributed by atoms with Crippen LogP contribution in [0.25, 0.3) is 0 Å². The molecule has 2 atom stereocenters. The summed E-state index contributed by atoms with van der Waals surface area (Å²) < 4.78 is 0. The molecule has 2 saturated heterocycles. The van der Waals surface area contributed by atoms with Gasteiger partial charge in [-0.25, -0.2) is 0 Å². The Bertz CT molecular complexity index is 275. The Balaban J connectivity index is 1.98. The molecule has 0 aliphatic carbocycles. The maximum atomic E-state index is 12.5. The Hall–Kier alpha value is -0.610. The van der Waals surface area contributed by atoms with Crippen molar-refractivity contribution < 1.29 is 9.90 Å². The molecular formula is C13H24N2O2. The van der Waals surface area contributed by atoms with Gasteiger partial charge in [-0.15, -0.1) is 0 Å². The zero-order valence-electron chi connectivity index (χ0n) is 10.7. The Kier molecular flexibility index (Phi) is 4.05. The summed E-state index contributed by atoms with van der Waals surface area (Å²) in [6.07, 6.45) is 4.15. The van der Waals surface area contributed by atoms with Crippen LogP contribution in [0.3, 0.4) is 0 Å². The number of aliphatic hydroxyl groups excluding tert-OH is 1. The third-order valence-corrected chi connectivity index (χ3v) is 4.18. The molecule has 0 aromatic heterocycles. The predicted octanol–water partition coefficient (Wildman–Crippen LogP) is 0.607. The molecule has 0 aromatic carbocycles. The fourth-order valence-electron chi connectivity index (χ4n) is 3.02. The lowest BCUT2D eigenvalue weighted by Crippen LogP contribution is -2.52. The molecule has 4 heteroatoms. The lowest BCUT2D eigenvalue weighted by molar-refractivity contribution is -0.144. The minimum absolute atomic E-state index is 0.207. The molecule has 0 aromatic rings. The number of nitrogens with zero attached hydrogens (tertiary/aromatic N) is 1. The van der Waals surface area contributed by atoms with E-state index < -0.39 is 0 Å². The summed E-state index contributed by atoms with van der Waals surface area (Å²) >= 11 is 0. The van der Waals surface area contributed by atoms with Crippen molar-refractivity contribution in [1.29, 1.82) is 0 Å².